The fraction of sp³-hybridized carbons (Fsp3) is 0.417. The summed E-state index contributed by atoms with van der Waals surface area (Å²) in [7, 11) is 0. The highest BCUT2D eigenvalue weighted by Crippen LogP contribution is 2.17. The van der Waals surface area contributed by atoms with Crippen LogP contribution >= 0.6 is 11.8 Å². The Balaban J connectivity index is 2.49. The van der Waals surface area contributed by atoms with Crippen LogP contribution in [0.1, 0.15) is 20.3 Å². The zero-order valence-electron chi connectivity index (χ0n) is 9.91. The number of carbonyl (C=O) groups is 1. The van der Waals surface area contributed by atoms with E-state index in [4.69, 9.17) is 0 Å². The van der Waals surface area contributed by atoms with Crippen LogP contribution < -0.4 is 10.6 Å². The molecule has 0 radical (unpaired) electrons. The second kappa shape index (κ2) is 6.43. The van der Waals surface area contributed by atoms with Gasteiger partial charge in [-0.25, -0.2) is 4.79 Å². The van der Waals surface area contributed by atoms with Gasteiger partial charge in [-0.1, -0.05) is 6.92 Å². The van der Waals surface area contributed by atoms with Crippen molar-refractivity contribution in [3.63, 3.8) is 0 Å². The van der Waals surface area contributed by atoms with Gasteiger partial charge in [0.25, 0.3) is 0 Å². The molecule has 16 heavy (non-hydrogen) atoms. The van der Waals surface area contributed by atoms with E-state index < -0.39 is 0 Å². The molecule has 0 aliphatic rings. The predicted molar refractivity (Wildman–Crippen MR) is 70.1 cm³/mol. The number of carbonyl (C=O) groups excluding carboxylic acids is 1. The van der Waals surface area contributed by atoms with E-state index in [1.54, 1.807) is 11.8 Å². The second-order valence-corrected chi connectivity index (χ2v) is 4.52. The lowest BCUT2D eigenvalue weighted by molar-refractivity contribution is 0.249. The fourth-order valence-electron chi connectivity index (χ4n) is 1.17. The first-order valence-electron chi connectivity index (χ1n) is 5.37. The molecule has 0 aliphatic carbocycles. The van der Waals surface area contributed by atoms with Crippen LogP contribution in [0.2, 0.25) is 0 Å². The van der Waals surface area contributed by atoms with E-state index in [2.05, 4.69) is 10.6 Å². The van der Waals surface area contributed by atoms with E-state index in [0.717, 1.165) is 12.1 Å². The summed E-state index contributed by atoms with van der Waals surface area (Å²) in [5.41, 5.74) is 0.818. The van der Waals surface area contributed by atoms with Crippen molar-refractivity contribution in [2.75, 3.05) is 11.6 Å². The molecule has 0 spiro atoms. The van der Waals surface area contributed by atoms with E-state index in [1.165, 1.54) is 4.90 Å². The molecule has 0 fully saturated rings. The van der Waals surface area contributed by atoms with Gasteiger partial charge in [0.1, 0.15) is 0 Å². The van der Waals surface area contributed by atoms with Crippen LogP contribution in [0.25, 0.3) is 0 Å². The summed E-state index contributed by atoms with van der Waals surface area (Å²) in [5.74, 6) is 0. The lowest BCUT2D eigenvalue weighted by Gasteiger charge is -2.12. The normalized spacial score (nSPS) is 11.9. The smallest absolute Gasteiger partial charge is 0.319 e. The Morgan fingerprint density at radius 3 is 2.50 bits per heavy atom. The quantitative estimate of drug-likeness (QED) is 0.790. The maximum absolute atomic E-state index is 11.5. The molecule has 0 bridgehead atoms. The van der Waals surface area contributed by atoms with Crippen LogP contribution in [0.4, 0.5) is 10.5 Å². The Bertz CT molecular complexity index is 337. The highest BCUT2D eigenvalue weighted by atomic mass is 32.2. The molecule has 3 nitrogen and oxygen atoms in total. The van der Waals surface area contributed by atoms with E-state index in [9.17, 15) is 4.79 Å². The van der Waals surface area contributed by atoms with Crippen LogP contribution in [0.15, 0.2) is 29.2 Å². The minimum Gasteiger partial charge on any atom is -0.335 e. The first-order valence-corrected chi connectivity index (χ1v) is 6.59. The number of anilines is 1. The van der Waals surface area contributed by atoms with Crippen molar-refractivity contribution in [1.29, 1.82) is 0 Å². The summed E-state index contributed by atoms with van der Waals surface area (Å²) in [6, 6.07) is 7.84. The molecule has 2 N–H and O–H groups in total. The molecule has 1 aromatic rings. The molecule has 0 aliphatic heterocycles. The average Bonchev–Trinajstić information content (AvgIpc) is 2.29. The van der Waals surface area contributed by atoms with Gasteiger partial charge < -0.3 is 10.6 Å². The van der Waals surface area contributed by atoms with Gasteiger partial charge >= 0.3 is 6.03 Å². The molecule has 1 aromatic carbocycles. The Morgan fingerprint density at radius 2 is 2.00 bits per heavy atom. The van der Waals surface area contributed by atoms with Gasteiger partial charge in [-0.15, -0.1) is 11.8 Å². The zero-order valence-corrected chi connectivity index (χ0v) is 10.7. The molecule has 4 heteroatoms. The minimum absolute atomic E-state index is 0.147. The van der Waals surface area contributed by atoms with Crippen LogP contribution in [0, 0.1) is 0 Å². The van der Waals surface area contributed by atoms with Gasteiger partial charge in [0.2, 0.25) is 0 Å². The molecule has 0 saturated carbocycles. The molecular weight excluding hydrogens is 220 g/mol. The summed E-state index contributed by atoms with van der Waals surface area (Å²) >= 11 is 1.68. The predicted octanol–water partition coefficient (Wildman–Crippen LogP) is 3.33. The first kappa shape index (κ1) is 12.9. The van der Waals surface area contributed by atoms with E-state index >= 15 is 0 Å². The number of amides is 2. The highest BCUT2D eigenvalue weighted by molar-refractivity contribution is 7.98. The van der Waals surface area contributed by atoms with Crippen molar-refractivity contribution in [1.82, 2.24) is 5.32 Å². The van der Waals surface area contributed by atoms with Crippen LogP contribution in [0.3, 0.4) is 0 Å². The number of benzene rings is 1. The van der Waals surface area contributed by atoms with Crippen molar-refractivity contribution in [3.05, 3.63) is 24.3 Å². The summed E-state index contributed by atoms with van der Waals surface area (Å²) in [5, 5.41) is 5.65. The molecule has 0 heterocycles. The van der Waals surface area contributed by atoms with Crippen LogP contribution in [-0.4, -0.2) is 18.3 Å². The van der Waals surface area contributed by atoms with Gasteiger partial charge in [-0.05, 0) is 43.9 Å². The second-order valence-electron chi connectivity index (χ2n) is 3.64. The Hall–Kier alpha value is -1.16. The average molecular weight is 238 g/mol. The van der Waals surface area contributed by atoms with Crippen molar-refractivity contribution < 1.29 is 4.79 Å². The van der Waals surface area contributed by atoms with Crippen molar-refractivity contribution >= 4 is 23.5 Å². The molecule has 2 amide bonds. The van der Waals surface area contributed by atoms with Crippen molar-refractivity contribution in [3.8, 4) is 0 Å². The SMILES string of the molecule is CC[C@H](C)NC(=O)Nc1ccc(SC)cc1. The Kier molecular flexibility index (Phi) is 5.19. The van der Waals surface area contributed by atoms with Gasteiger partial charge in [0.15, 0.2) is 0 Å². The Morgan fingerprint density at radius 1 is 1.38 bits per heavy atom. The standard InChI is InChI=1S/C12H18N2OS/c1-4-9(2)13-12(15)14-10-5-7-11(16-3)8-6-10/h5-9H,4H2,1-3H3,(H2,13,14,15)/t9-/m0/s1. The molecule has 1 rings (SSSR count). The maximum atomic E-state index is 11.5. The first-order chi connectivity index (χ1) is 7.65. The molecule has 1 atom stereocenters. The largest absolute Gasteiger partial charge is 0.335 e. The van der Waals surface area contributed by atoms with Crippen LogP contribution in [0.5, 0.6) is 0 Å². The van der Waals surface area contributed by atoms with Crippen molar-refractivity contribution in [2.24, 2.45) is 0 Å². The summed E-state index contributed by atoms with van der Waals surface area (Å²) in [6.45, 7) is 4.02. The summed E-state index contributed by atoms with van der Waals surface area (Å²) in [6.07, 6.45) is 2.96. The molecule has 0 aromatic heterocycles. The minimum atomic E-state index is -0.147. The van der Waals surface area contributed by atoms with Gasteiger partial charge in [-0.3, -0.25) is 0 Å². The summed E-state index contributed by atoms with van der Waals surface area (Å²) < 4.78 is 0. The Labute approximate surface area is 101 Å². The van der Waals surface area contributed by atoms with Gasteiger partial charge in [0, 0.05) is 16.6 Å². The van der Waals surface area contributed by atoms with Gasteiger partial charge in [-0.2, -0.15) is 0 Å². The number of rotatable bonds is 4. The molecular formula is C12H18N2OS. The topological polar surface area (TPSA) is 41.1 Å². The number of hydrogen-bond donors (Lipinski definition) is 2. The highest BCUT2D eigenvalue weighted by Gasteiger charge is 2.04. The summed E-state index contributed by atoms with van der Waals surface area (Å²) in [4.78, 5) is 12.7. The number of hydrogen-bond acceptors (Lipinski definition) is 2. The number of urea groups is 1. The van der Waals surface area contributed by atoms with Crippen molar-refractivity contribution in [2.45, 2.75) is 31.2 Å². The third-order valence-electron chi connectivity index (χ3n) is 2.34. The fourth-order valence-corrected chi connectivity index (χ4v) is 1.58. The van der Waals surface area contributed by atoms with Gasteiger partial charge in [0.05, 0.1) is 0 Å². The lowest BCUT2D eigenvalue weighted by Crippen LogP contribution is -2.35. The third kappa shape index (κ3) is 4.14. The third-order valence-corrected chi connectivity index (χ3v) is 3.08. The lowest BCUT2D eigenvalue weighted by atomic mass is 10.3. The van der Waals surface area contributed by atoms with E-state index in [1.807, 2.05) is 44.4 Å². The molecule has 88 valence electrons. The number of nitrogens with one attached hydrogen (secondary N) is 2. The number of thioether (sulfide) groups is 1. The van der Waals surface area contributed by atoms with E-state index in [0.29, 0.717) is 0 Å². The van der Waals surface area contributed by atoms with E-state index in [-0.39, 0.29) is 12.1 Å². The van der Waals surface area contributed by atoms with Crippen LogP contribution in [-0.2, 0) is 0 Å². The monoisotopic (exact) mass is 238 g/mol. The zero-order chi connectivity index (χ0) is 12.0. The molecule has 0 saturated heterocycles. The maximum Gasteiger partial charge on any atom is 0.319 e. The molecule has 0 unspecified atom stereocenters.